The minimum absolute atomic E-state index is 0.0470. The summed E-state index contributed by atoms with van der Waals surface area (Å²) in [6, 6.07) is 17.2. The van der Waals surface area contributed by atoms with Gasteiger partial charge in [0.05, 0.1) is 7.11 Å². The highest BCUT2D eigenvalue weighted by Gasteiger charge is 2.14. The Bertz CT molecular complexity index is 570. The molecule has 0 aromatic heterocycles. The van der Waals surface area contributed by atoms with Gasteiger partial charge in [-0.25, -0.2) is 0 Å². The van der Waals surface area contributed by atoms with E-state index in [4.69, 9.17) is 4.74 Å². The quantitative estimate of drug-likeness (QED) is 0.577. The molecule has 1 atom stereocenters. The van der Waals surface area contributed by atoms with E-state index < -0.39 is 0 Å². The first-order valence-electron chi connectivity index (χ1n) is 6.59. The van der Waals surface area contributed by atoms with E-state index in [0.29, 0.717) is 12.0 Å². The molecule has 0 radical (unpaired) electrons. The summed E-state index contributed by atoms with van der Waals surface area (Å²) in [5, 5.41) is 0. The van der Waals surface area contributed by atoms with Gasteiger partial charge in [-0.05, 0) is 29.8 Å². The van der Waals surface area contributed by atoms with Gasteiger partial charge in [0.25, 0.3) is 0 Å². The number of Topliss-reactive ketones (excluding diaryl/α,β-unsaturated/α-hetero) is 1. The minimum atomic E-state index is 0.0470. The predicted octanol–water partition coefficient (Wildman–Crippen LogP) is 4.24. The SMILES string of the molecule is C=CC(CC(=O)c1ccc(OC)cc1)c1ccccc1. The second-order valence-electron chi connectivity index (χ2n) is 4.61. The normalized spacial score (nSPS) is 11.7. The molecule has 102 valence electrons. The van der Waals surface area contributed by atoms with Crippen LogP contribution in [-0.4, -0.2) is 12.9 Å². The molecule has 2 heteroatoms. The lowest BCUT2D eigenvalue weighted by atomic mass is 9.92. The summed E-state index contributed by atoms with van der Waals surface area (Å²) >= 11 is 0. The van der Waals surface area contributed by atoms with Crippen LogP contribution in [0.1, 0.15) is 28.3 Å². The molecule has 1 unspecified atom stereocenters. The smallest absolute Gasteiger partial charge is 0.163 e. The highest BCUT2D eigenvalue weighted by atomic mass is 16.5. The zero-order valence-corrected chi connectivity index (χ0v) is 11.6. The van der Waals surface area contributed by atoms with Gasteiger partial charge in [0, 0.05) is 17.9 Å². The monoisotopic (exact) mass is 266 g/mol. The topological polar surface area (TPSA) is 26.3 Å². The standard InChI is InChI=1S/C18H18O2/c1-3-14(15-7-5-4-6-8-15)13-18(19)16-9-11-17(20-2)12-10-16/h3-12,14H,1,13H2,2H3. The summed E-state index contributed by atoms with van der Waals surface area (Å²) in [5.41, 5.74) is 1.82. The molecule has 2 rings (SSSR count). The Morgan fingerprint density at radius 2 is 1.80 bits per heavy atom. The molecule has 0 bridgehead atoms. The molecule has 0 aliphatic heterocycles. The Labute approximate surface area is 119 Å². The number of carbonyl (C=O) groups is 1. The van der Waals surface area contributed by atoms with Crippen molar-refractivity contribution in [2.45, 2.75) is 12.3 Å². The Hall–Kier alpha value is -2.35. The maximum absolute atomic E-state index is 12.3. The van der Waals surface area contributed by atoms with Crippen molar-refractivity contribution in [3.05, 3.63) is 78.4 Å². The van der Waals surface area contributed by atoms with Gasteiger partial charge in [-0.15, -0.1) is 6.58 Å². The van der Waals surface area contributed by atoms with Crippen molar-refractivity contribution in [3.63, 3.8) is 0 Å². The highest BCUT2D eigenvalue weighted by molar-refractivity contribution is 5.96. The molecule has 0 spiro atoms. The molecule has 0 N–H and O–H groups in total. The van der Waals surface area contributed by atoms with Crippen LogP contribution in [0.5, 0.6) is 5.75 Å². The Morgan fingerprint density at radius 3 is 2.35 bits per heavy atom. The van der Waals surface area contributed by atoms with Gasteiger partial charge >= 0.3 is 0 Å². The number of methoxy groups -OCH3 is 1. The third-order valence-corrected chi connectivity index (χ3v) is 3.33. The zero-order valence-electron chi connectivity index (χ0n) is 11.6. The summed E-state index contributed by atoms with van der Waals surface area (Å²) < 4.78 is 5.09. The van der Waals surface area contributed by atoms with Crippen molar-refractivity contribution in [1.82, 2.24) is 0 Å². The second-order valence-corrected chi connectivity index (χ2v) is 4.61. The molecule has 0 aliphatic carbocycles. The first-order valence-corrected chi connectivity index (χ1v) is 6.59. The molecule has 2 aromatic rings. The number of hydrogen-bond donors (Lipinski definition) is 0. The predicted molar refractivity (Wildman–Crippen MR) is 81.3 cm³/mol. The molecule has 20 heavy (non-hydrogen) atoms. The largest absolute Gasteiger partial charge is 0.497 e. The van der Waals surface area contributed by atoms with Gasteiger partial charge < -0.3 is 4.74 Å². The van der Waals surface area contributed by atoms with E-state index in [9.17, 15) is 4.79 Å². The van der Waals surface area contributed by atoms with Crippen molar-refractivity contribution < 1.29 is 9.53 Å². The second kappa shape index (κ2) is 6.71. The number of hydrogen-bond acceptors (Lipinski definition) is 2. The van der Waals surface area contributed by atoms with Crippen molar-refractivity contribution >= 4 is 5.78 Å². The van der Waals surface area contributed by atoms with E-state index >= 15 is 0 Å². The fraction of sp³-hybridized carbons (Fsp3) is 0.167. The number of allylic oxidation sites excluding steroid dienone is 1. The van der Waals surface area contributed by atoms with Crippen LogP contribution in [0.4, 0.5) is 0 Å². The van der Waals surface area contributed by atoms with Gasteiger partial charge in [0.2, 0.25) is 0 Å². The number of ketones is 1. The van der Waals surface area contributed by atoms with Crippen LogP contribution in [0.15, 0.2) is 67.3 Å². The maximum atomic E-state index is 12.3. The van der Waals surface area contributed by atoms with E-state index in [1.807, 2.05) is 36.4 Å². The van der Waals surface area contributed by atoms with E-state index in [2.05, 4.69) is 6.58 Å². The van der Waals surface area contributed by atoms with Gasteiger partial charge in [-0.2, -0.15) is 0 Å². The maximum Gasteiger partial charge on any atom is 0.163 e. The van der Waals surface area contributed by atoms with Gasteiger partial charge in [-0.3, -0.25) is 4.79 Å². The van der Waals surface area contributed by atoms with Crippen LogP contribution >= 0.6 is 0 Å². The fourth-order valence-corrected chi connectivity index (χ4v) is 2.13. The Balaban J connectivity index is 2.11. The molecule has 0 heterocycles. The molecule has 2 nitrogen and oxygen atoms in total. The van der Waals surface area contributed by atoms with E-state index in [1.54, 1.807) is 31.4 Å². The zero-order chi connectivity index (χ0) is 14.4. The molecule has 0 fully saturated rings. The summed E-state index contributed by atoms with van der Waals surface area (Å²) in [6.45, 7) is 3.84. The summed E-state index contributed by atoms with van der Waals surface area (Å²) in [4.78, 5) is 12.3. The Morgan fingerprint density at radius 1 is 1.15 bits per heavy atom. The van der Waals surface area contributed by atoms with Crippen LogP contribution in [0.3, 0.4) is 0 Å². The molecular weight excluding hydrogens is 248 g/mol. The average Bonchev–Trinajstić information content (AvgIpc) is 2.53. The van der Waals surface area contributed by atoms with Crippen LogP contribution < -0.4 is 4.74 Å². The lowest BCUT2D eigenvalue weighted by molar-refractivity contribution is 0.0978. The van der Waals surface area contributed by atoms with E-state index in [1.165, 1.54) is 0 Å². The molecule has 0 aliphatic rings. The lowest BCUT2D eigenvalue weighted by Crippen LogP contribution is -2.05. The van der Waals surface area contributed by atoms with E-state index in [-0.39, 0.29) is 11.7 Å². The first kappa shape index (κ1) is 14.1. The van der Waals surface area contributed by atoms with Crippen molar-refractivity contribution in [3.8, 4) is 5.75 Å². The van der Waals surface area contributed by atoms with Crippen LogP contribution in [0.25, 0.3) is 0 Å². The van der Waals surface area contributed by atoms with Crippen LogP contribution in [-0.2, 0) is 0 Å². The number of carbonyl (C=O) groups excluding carboxylic acids is 1. The van der Waals surface area contributed by atoms with E-state index in [0.717, 1.165) is 11.3 Å². The number of ether oxygens (including phenoxy) is 1. The van der Waals surface area contributed by atoms with Gasteiger partial charge in [0.15, 0.2) is 5.78 Å². The van der Waals surface area contributed by atoms with Gasteiger partial charge in [0.1, 0.15) is 5.75 Å². The van der Waals surface area contributed by atoms with Crippen LogP contribution in [0.2, 0.25) is 0 Å². The number of rotatable bonds is 6. The van der Waals surface area contributed by atoms with Crippen molar-refractivity contribution in [2.24, 2.45) is 0 Å². The van der Waals surface area contributed by atoms with Gasteiger partial charge in [-0.1, -0.05) is 36.4 Å². The molecule has 0 saturated carbocycles. The Kier molecular flexibility index (Phi) is 4.72. The average molecular weight is 266 g/mol. The fourth-order valence-electron chi connectivity index (χ4n) is 2.13. The minimum Gasteiger partial charge on any atom is -0.497 e. The third kappa shape index (κ3) is 3.35. The highest BCUT2D eigenvalue weighted by Crippen LogP contribution is 2.23. The molecule has 0 saturated heterocycles. The number of benzene rings is 2. The summed E-state index contributed by atoms with van der Waals surface area (Å²) in [6.07, 6.45) is 2.26. The molecule has 2 aromatic carbocycles. The van der Waals surface area contributed by atoms with Crippen molar-refractivity contribution in [1.29, 1.82) is 0 Å². The summed E-state index contributed by atoms with van der Waals surface area (Å²) in [5.74, 6) is 0.914. The lowest BCUT2D eigenvalue weighted by Gasteiger charge is -2.12. The van der Waals surface area contributed by atoms with Crippen molar-refractivity contribution in [2.75, 3.05) is 7.11 Å². The molecule has 0 amide bonds. The molecular formula is C18H18O2. The first-order chi connectivity index (χ1) is 9.74. The van der Waals surface area contributed by atoms with Crippen LogP contribution in [0, 0.1) is 0 Å². The third-order valence-electron chi connectivity index (χ3n) is 3.33. The summed E-state index contributed by atoms with van der Waals surface area (Å²) in [7, 11) is 1.61.